The Morgan fingerprint density at radius 3 is 3.00 bits per heavy atom. The van der Waals surface area contributed by atoms with Gasteiger partial charge in [0.15, 0.2) is 0 Å². The van der Waals surface area contributed by atoms with Gasteiger partial charge in [-0.1, -0.05) is 6.07 Å². The van der Waals surface area contributed by atoms with Gasteiger partial charge >= 0.3 is 0 Å². The summed E-state index contributed by atoms with van der Waals surface area (Å²) in [5, 5.41) is 3.57. The molecule has 2 unspecified atom stereocenters. The summed E-state index contributed by atoms with van der Waals surface area (Å²) in [4.78, 5) is 14.0. The highest BCUT2D eigenvalue weighted by atomic mass is 79.9. The molecule has 4 nitrogen and oxygen atoms in total. The second kappa shape index (κ2) is 5.13. The van der Waals surface area contributed by atoms with Crippen molar-refractivity contribution in [2.24, 2.45) is 11.7 Å². The summed E-state index contributed by atoms with van der Waals surface area (Å²) >= 11 is 3.43. The van der Waals surface area contributed by atoms with Gasteiger partial charge in [0.25, 0.3) is 5.91 Å². The highest BCUT2D eigenvalue weighted by Crippen LogP contribution is 2.33. The van der Waals surface area contributed by atoms with Gasteiger partial charge in [0.1, 0.15) is 0 Å². The van der Waals surface area contributed by atoms with Gasteiger partial charge in [-0.05, 0) is 53.4 Å². The highest BCUT2D eigenvalue weighted by Gasteiger charge is 2.35. The standard InChI is InChI=1S/C14H18BrN3O/c15-10-4-1-5-12(13(10)14(16)19)18-7-9-3-2-6-17-11(9)8-18/h1,4-5,9,11,17H,2-3,6-8H2,(H2,16,19). The van der Waals surface area contributed by atoms with Gasteiger partial charge in [-0.25, -0.2) is 0 Å². The number of amides is 1. The number of piperidine rings is 1. The molecule has 1 amide bonds. The zero-order chi connectivity index (χ0) is 13.4. The molecule has 5 heteroatoms. The normalized spacial score (nSPS) is 26.3. The quantitative estimate of drug-likeness (QED) is 0.871. The number of carbonyl (C=O) groups excluding carboxylic acids is 1. The predicted octanol–water partition coefficient (Wildman–Crippen LogP) is 1.74. The number of hydrogen-bond acceptors (Lipinski definition) is 3. The predicted molar refractivity (Wildman–Crippen MR) is 79.4 cm³/mol. The molecule has 2 fully saturated rings. The van der Waals surface area contributed by atoms with Crippen LogP contribution >= 0.6 is 15.9 Å². The van der Waals surface area contributed by atoms with Crippen molar-refractivity contribution in [1.29, 1.82) is 0 Å². The molecule has 1 aromatic rings. The van der Waals surface area contributed by atoms with Crippen LogP contribution in [0.2, 0.25) is 0 Å². The molecule has 3 N–H and O–H groups in total. The van der Waals surface area contributed by atoms with E-state index in [1.165, 1.54) is 12.8 Å². The van der Waals surface area contributed by atoms with Crippen molar-refractivity contribution in [2.75, 3.05) is 24.5 Å². The van der Waals surface area contributed by atoms with Gasteiger partial charge < -0.3 is 16.0 Å². The smallest absolute Gasteiger partial charge is 0.251 e. The van der Waals surface area contributed by atoms with Crippen LogP contribution in [0.15, 0.2) is 22.7 Å². The van der Waals surface area contributed by atoms with Crippen LogP contribution in [0, 0.1) is 5.92 Å². The number of carbonyl (C=O) groups is 1. The molecule has 2 aliphatic rings. The Labute approximate surface area is 121 Å². The number of halogens is 1. The molecule has 102 valence electrons. The minimum atomic E-state index is -0.370. The lowest BCUT2D eigenvalue weighted by molar-refractivity contribution is 0.1000. The fourth-order valence-electron chi connectivity index (χ4n) is 3.26. The lowest BCUT2D eigenvalue weighted by atomic mass is 9.94. The molecule has 0 aromatic heterocycles. The fraction of sp³-hybridized carbons (Fsp3) is 0.500. The zero-order valence-electron chi connectivity index (χ0n) is 10.7. The minimum Gasteiger partial charge on any atom is -0.369 e. The van der Waals surface area contributed by atoms with Crippen molar-refractivity contribution >= 4 is 27.5 Å². The molecule has 3 rings (SSSR count). The number of primary amides is 1. The van der Waals surface area contributed by atoms with Crippen LogP contribution in [0.4, 0.5) is 5.69 Å². The van der Waals surface area contributed by atoms with E-state index >= 15 is 0 Å². The first kappa shape index (κ1) is 12.9. The largest absolute Gasteiger partial charge is 0.369 e. The Morgan fingerprint density at radius 2 is 2.26 bits per heavy atom. The molecule has 2 aliphatic heterocycles. The summed E-state index contributed by atoms with van der Waals surface area (Å²) in [7, 11) is 0. The molecule has 0 bridgehead atoms. The lowest BCUT2D eigenvalue weighted by Crippen LogP contribution is -2.40. The van der Waals surface area contributed by atoms with Gasteiger partial charge in [0, 0.05) is 23.6 Å². The third-order valence-corrected chi connectivity index (χ3v) is 4.84. The number of rotatable bonds is 2. The first-order valence-corrected chi connectivity index (χ1v) is 7.53. The molecule has 19 heavy (non-hydrogen) atoms. The first-order chi connectivity index (χ1) is 9.16. The van der Waals surface area contributed by atoms with Crippen LogP contribution in [-0.4, -0.2) is 31.6 Å². The van der Waals surface area contributed by atoms with Crippen LogP contribution in [0.1, 0.15) is 23.2 Å². The molecular weight excluding hydrogens is 306 g/mol. The maximum atomic E-state index is 11.7. The number of hydrogen-bond donors (Lipinski definition) is 2. The van der Waals surface area contributed by atoms with Crippen molar-refractivity contribution in [3.8, 4) is 0 Å². The van der Waals surface area contributed by atoms with Crippen LogP contribution in [0.25, 0.3) is 0 Å². The Hall–Kier alpha value is -1.07. The Kier molecular flexibility index (Phi) is 3.50. The van der Waals surface area contributed by atoms with Crippen molar-refractivity contribution in [2.45, 2.75) is 18.9 Å². The number of fused-ring (bicyclic) bond motifs is 1. The molecule has 0 radical (unpaired) electrons. The lowest BCUT2D eigenvalue weighted by Gasteiger charge is -2.24. The molecule has 2 saturated heterocycles. The molecule has 0 aliphatic carbocycles. The van der Waals surface area contributed by atoms with Crippen molar-refractivity contribution < 1.29 is 4.79 Å². The molecule has 2 atom stereocenters. The van der Waals surface area contributed by atoms with E-state index in [-0.39, 0.29) is 5.91 Å². The zero-order valence-corrected chi connectivity index (χ0v) is 12.3. The van der Waals surface area contributed by atoms with E-state index in [4.69, 9.17) is 5.73 Å². The second-order valence-electron chi connectivity index (χ2n) is 5.37. The number of nitrogens with two attached hydrogens (primary N) is 1. The van der Waals surface area contributed by atoms with E-state index < -0.39 is 0 Å². The summed E-state index contributed by atoms with van der Waals surface area (Å²) in [5.41, 5.74) is 7.07. The monoisotopic (exact) mass is 323 g/mol. The number of nitrogens with zero attached hydrogens (tertiary/aromatic N) is 1. The number of benzene rings is 1. The van der Waals surface area contributed by atoms with E-state index in [1.807, 2.05) is 18.2 Å². The van der Waals surface area contributed by atoms with E-state index in [9.17, 15) is 4.79 Å². The Balaban J connectivity index is 1.91. The summed E-state index contributed by atoms with van der Waals surface area (Å²) in [6.45, 7) is 3.08. The molecule has 0 spiro atoms. The van der Waals surface area contributed by atoms with Crippen LogP contribution in [0.5, 0.6) is 0 Å². The van der Waals surface area contributed by atoms with Crippen molar-refractivity contribution in [1.82, 2.24) is 5.32 Å². The van der Waals surface area contributed by atoms with Gasteiger partial charge in [-0.3, -0.25) is 4.79 Å². The third-order valence-electron chi connectivity index (χ3n) is 4.18. The summed E-state index contributed by atoms with van der Waals surface area (Å²) in [5.74, 6) is 0.318. The highest BCUT2D eigenvalue weighted by molar-refractivity contribution is 9.10. The minimum absolute atomic E-state index is 0.370. The maximum absolute atomic E-state index is 11.7. The van der Waals surface area contributed by atoms with Gasteiger partial charge in [-0.15, -0.1) is 0 Å². The Morgan fingerprint density at radius 1 is 1.42 bits per heavy atom. The average molecular weight is 324 g/mol. The van der Waals surface area contributed by atoms with E-state index in [0.717, 1.165) is 29.8 Å². The molecule has 2 heterocycles. The van der Waals surface area contributed by atoms with Gasteiger partial charge in [0.05, 0.1) is 11.3 Å². The SMILES string of the molecule is NC(=O)c1c(Br)cccc1N1CC2CCCNC2C1. The maximum Gasteiger partial charge on any atom is 0.251 e. The van der Waals surface area contributed by atoms with Crippen LogP contribution in [-0.2, 0) is 0 Å². The second-order valence-corrected chi connectivity index (χ2v) is 6.22. The number of nitrogens with one attached hydrogen (secondary N) is 1. The summed E-state index contributed by atoms with van der Waals surface area (Å²) in [6, 6.07) is 6.36. The summed E-state index contributed by atoms with van der Waals surface area (Å²) < 4.78 is 0.778. The van der Waals surface area contributed by atoms with E-state index in [0.29, 0.717) is 17.5 Å². The van der Waals surface area contributed by atoms with Crippen molar-refractivity contribution in [3.63, 3.8) is 0 Å². The fourth-order valence-corrected chi connectivity index (χ4v) is 3.81. The Bertz CT molecular complexity index is 491. The van der Waals surface area contributed by atoms with Crippen molar-refractivity contribution in [3.05, 3.63) is 28.2 Å². The molecule has 1 aromatic carbocycles. The average Bonchev–Trinajstić information content (AvgIpc) is 2.81. The molecular formula is C14H18BrN3O. The van der Waals surface area contributed by atoms with Gasteiger partial charge in [-0.2, -0.15) is 0 Å². The van der Waals surface area contributed by atoms with Gasteiger partial charge in [0.2, 0.25) is 0 Å². The third kappa shape index (κ3) is 2.37. The van der Waals surface area contributed by atoms with Crippen LogP contribution < -0.4 is 16.0 Å². The summed E-state index contributed by atoms with van der Waals surface area (Å²) in [6.07, 6.45) is 2.52. The van der Waals surface area contributed by atoms with E-state index in [2.05, 4.69) is 26.1 Å². The van der Waals surface area contributed by atoms with Crippen LogP contribution in [0.3, 0.4) is 0 Å². The molecule has 0 saturated carbocycles. The van der Waals surface area contributed by atoms with E-state index in [1.54, 1.807) is 0 Å². The topological polar surface area (TPSA) is 58.4 Å². The first-order valence-electron chi connectivity index (χ1n) is 6.73. The number of anilines is 1.